The first-order valence-electron chi connectivity index (χ1n) is 6.56. The van der Waals surface area contributed by atoms with Gasteiger partial charge in [-0.15, -0.1) is 0 Å². The van der Waals surface area contributed by atoms with Gasteiger partial charge in [0, 0.05) is 24.9 Å². The third-order valence-corrected chi connectivity index (χ3v) is 2.77. The van der Waals surface area contributed by atoms with Crippen LogP contribution in [0.25, 0.3) is 0 Å². The zero-order chi connectivity index (χ0) is 13.4. The lowest BCUT2D eigenvalue weighted by molar-refractivity contribution is -0.120. The van der Waals surface area contributed by atoms with Crippen molar-refractivity contribution in [1.29, 1.82) is 0 Å². The summed E-state index contributed by atoms with van der Waals surface area (Å²) in [6, 6.07) is 7.68. The smallest absolute Gasteiger partial charge is 0.220 e. The Labute approximate surface area is 109 Å². The minimum absolute atomic E-state index is 0.0318. The Kier molecular flexibility index (Phi) is 6.12. The fourth-order valence-electron chi connectivity index (χ4n) is 1.80. The molecule has 0 spiro atoms. The summed E-state index contributed by atoms with van der Waals surface area (Å²) in [6.45, 7) is 4.61. The minimum atomic E-state index is -0.0616. The van der Waals surface area contributed by atoms with Crippen molar-refractivity contribution in [2.24, 2.45) is 0 Å². The standard InChI is InChI=1S/C15H21NO2/c1-3-5-12-6-8-13(9-7-12)14(17)10-11-15(18)16-4-2/h6-9H,3-5,10-11H2,1-2H3,(H,16,18). The molecule has 0 aliphatic heterocycles. The van der Waals surface area contributed by atoms with E-state index in [-0.39, 0.29) is 24.5 Å². The summed E-state index contributed by atoms with van der Waals surface area (Å²) in [5.41, 5.74) is 1.94. The lowest BCUT2D eigenvalue weighted by Gasteiger charge is -2.03. The Morgan fingerprint density at radius 2 is 1.72 bits per heavy atom. The van der Waals surface area contributed by atoms with E-state index in [1.807, 2.05) is 31.2 Å². The van der Waals surface area contributed by atoms with Crippen LogP contribution in [0.15, 0.2) is 24.3 Å². The summed E-state index contributed by atoms with van der Waals surface area (Å²) >= 11 is 0. The summed E-state index contributed by atoms with van der Waals surface area (Å²) in [5, 5.41) is 2.69. The predicted molar refractivity (Wildman–Crippen MR) is 72.7 cm³/mol. The van der Waals surface area contributed by atoms with E-state index in [1.165, 1.54) is 5.56 Å². The summed E-state index contributed by atoms with van der Waals surface area (Å²) in [6.07, 6.45) is 2.68. The molecule has 0 aliphatic rings. The molecule has 1 aromatic rings. The van der Waals surface area contributed by atoms with Crippen LogP contribution in [-0.4, -0.2) is 18.2 Å². The fourth-order valence-corrected chi connectivity index (χ4v) is 1.80. The summed E-state index contributed by atoms with van der Waals surface area (Å²) < 4.78 is 0. The summed E-state index contributed by atoms with van der Waals surface area (Å²) in [4.78, 5) is 23.1. The number of rotatable bonds is 7. The van der Waals surface area contributed by atoms with Crippen molar-refractivity contribution < 1.29 is 9.59 Å². The lowest BCUT2D eigenvalue weighted by atomic mass is 10.0. The van der Waals surface area contributed by atoms with Crippen molar-refractivity contribution >= 4 is 11.7 Å². The predicted octanol–water partition coefficient (Wildman–Crippen LogP) is 2.74. The second-order valence-electron chi connectivity index (χ2n) is 4.32. The maximum Gasteiger partial charge on any atom is 0.220 e. The van der Waals surface area contributed by atoms with Gasteiger partial charge in [-0.2, -0.15) is 0 Å². The Bertz CT molecular complexity index is 395. The van der Waals surface area contributed by atoms with Crippen LogP contribution in [0.3, 0.4) is 0 Å². The molecular formula is C15H21NO2. The van der Waals surface area contributed by atoms with E-state index in [1.54, 1.807) is 0 Å². The van der Waals surface area contributed by atoms with Crippen LogP contribution < -0.4 is 5.32 Å². The molecule has 0 heterocycles. The molecule has 0 unspecified atom stereocenters. The van der Waals surface area contributed by atoms with E-state index in [2.05, 4.69) is 12.2 Å². The topological polar surface area (TPSA) is 46.2 Å². The number of Topliss-reactive ketones (excluding diaryl/α,β-unsaturated/α-hetero) is 1. The average Bonchev–Trinajstić information content (AvgIpc) is 2.37. The quantitative estimate of drug-likeness (QED) is 0.753. The van der Waals surface area contributed by atoms with Gasteiger partial charge in [0.05, 0.1) is 0 Å². The summed E-state index contributed by atoms with van der Waals surface area (Å²) in [7, 11) is 0. The van der Waals surface area contributed by atoms with Crippen LogP contribution in [-0.2, 0) is 11.2 Å². The number of nitrogens with one attached hydrogen (secondary N) is 1. The number of carbonyl (C=O) groups excluding carboxylic acids is 2. The zero-order valence-electron chi connectivity index (χ0n) is 11.2. The van der Waals surface area contributed by atoms with E-state index in [9.17, 15) is 9.59 Å². The number of aryl methyl sites for hydroxylation is 1. The third kappa shape index (κ3) is 4.70. The maximum absolute atomic E-state index is 11.8. The number of benzene rings is 1. The highest BCUT2D eigenvalue weighted by molar-refractivity contribution is 5.97. The maximum atomic E-state index is 11.8. The summed E-state index contributed by atoms with van der Waals surface area (Å²) in [5.74, 6) is -0.0299. The molecule has 0 saturated heterocycles. The Morgan fingerprint density at radius 1 is 1.06 bits per heavy atom. The second-order valence-corrected chi connectivity index (χ2v) is 4.32. The van der Waals surface area contributed by atoms with Crippen molar-refractivity contribution in [3.8, 4) is 0 Å². The van der Waals surface area contributed by atoms with Gasteiger partial charge < -0.3 is 5.32 Å². The second kappa shape index (κ2) is 7.64. The minimum Gasteiger partial charge on any atom is -0.356 e. The van der Waals surface area contributed by atoms with Gasteiger partial charge in [-0.25, -0.2) is 0 Å². The van der Waals surface area contributed by atoms with E-state index in [0.717, 1.165) is 12.8 Å². The largest absolute Gasteiger partial charge is 0.356 e. The molecule has 98 valence electrons. The van der Waals surface area contributed by atoms with Crippen LogP contribution in [0, 0.1) is 0 Å². The Morgan fingerprint density at radius 3 is 2.28 bits per heavy atom. The molecule has 0 aromatic heterocycles. The van der Waals surface area contributed by atoms with Crippen molar-refractivity contribution in [3.63, 3.8) is 0 Å². The highest BCUT2D eigenvalue weighted by Gasteiger charge is 2.08. The molecule has 1 amide bonds. The molecule has 0 bridgehead atoms. The molecule has 1 aromatic carbocycles. The van der Waals surface area contributed by atoms with Crippen molar-refractivity contribution in [3.05, 3.63) is 35.4 Å². The van der Waals surface area contributed by atoms with Crippen molar-refractivity contribution in [2.75, 3.05) is 6.54 Å². The van der Waals surface area contributed by atoms with Gasteiger partial charge in [-0.1, -0.05) is 37.6 Å². The molecule has 0 saturated carbocycles. The molecule has 18 heavy (non-hydrogen) atoms. The number of amides is 1. The molecule has 1 rings (SSSR count). The normalized spacial score (nSPS) is 10.1. The van der Waals surface area contributed by atoms with Crippen LogP contribution in [0.1, 0.15) is 49.0 Å². The average molecular weight is 247 g/mol. The number of hydrogen-bond donors (Lipinski definition) is 1. The van der Waals surface area contributed by atoms with Crippen LogP contribution in [0.5, 0.6) is 0 Å². The van der Waals surface area contributed by atoms with Gasteiger partial charge in [0.25, 0.3) is 0 Å². The van der Waals surface area contributed by atoms with Crippen LogP contribution >= 0.6 is 0 Å². The molecule has 0 aliphatic carbocycles. The van der Waals surface area contributed by atoms with Gasteiger partial charge in [-0.3, -0.25) is 9.59 Å². The monoisotopic (exact) mass is 247 g/mol. The SMILES string of the molecule is CCCc1ccc(C(=O)CCC(=O)NCC)cc1. The van der Waals surface area contributed by atoms with Crippen molar-refractivity contribution in [1.82, 2.24) is 5.32 Å². The van der Waals surface area contributed by atoms with E-state index >= 15 is 0 Å². The van der Waals surface area contributed by atoms with Crippen LogP contribution in [0.2, 0.25) is 0 Å². The van der Waals surface area contributed by atoms with E-state index in [0.29, 0.717) is 12.1 Å². The van der Waals surface area contributed by atoms with Gasteiger partial charge in [-0.05, 0) is 18.9 Å². The first-order valence-corrected chi connectivity index (χ1v) is 6.56. The van der Waals surface area contributed by atoms with E-state index in [4.69, 9.17) is 0 Å². The number of carbonyl (C=O) groups is 2. The van der Waals surface area contributed by atoms with Gasteiger partial charge in [0.15, 0.2) is 5.78 Å². The van der Waals surface area contributed by atoms with Gasteiger partial charge in [0.1, 0.15) is 0 Å². The molecule has 3 heteroatoms. The molecule has 3 nitrogen and oxygen atoms in total. The third-order valence-electron chi connectivity index (χ3n) is 2.77. The number of hydrogen-bond acceptors (Lipinski definition) is 2. The Balaban J connectivity index is 2.48. The first-order chi connectivity index (χ1) is 8.67. The Hall–Kier alpha value is -1.64. The van der Waals surface area contributed by atoms with Crippen molar-refractivity contribution in [2.45, 2.75) is 39.5 Å². The number of ketones is 1. The fraction of sp³-hybridized carbons (Fsp3) is 0.467. The van der Waals surface area contributed by atoms with Crippen LogP contribution in [0.4, 0.5) is 0 Å². The molecule has 0 atom stereocenters. The highest BCUT2D eigenvalue weighted by Crippen LogP contribution is 2.09. The van der Waals surface area contributed by atoms with E-state index < -0.39 is 0 Å². The molecule has 0 radical (unpaired) electrons. The molecule has 0 fully saturated rings. The highest BCUT2D eigenvalue weighted by atomic mass is 16.2. The molecule has 1 N–H and O–H groups in total. The van der Waals surface area contributed by atoms with Gasteiger partial charge in [0.2, 0.25) is 5.91 Å². The van der Waals surface area contributed by atoms with Gasteiger partial charge >= 0.3 is 0 Å². The zero-order valence-corrected chi connectivity index (χ0v) is 11.2. The molecular weight excluding hydrogens is 226 g/mol. The first kappa shape index (κ1) is 14.4. The lowest BCUT2D eigenvalue weighted by Crippen LogP contribution is -2.23.